The van der Waals surface area contributed by atoms with Gasteiger partial charge in [0.2, 0.25) is 0 Å². The molecule has 0 unspecified atom stereocenters. The SMILES string of the molecule is Cc1ccc(N=Nc2cc(-c3ccc(N)cc3)ccc2-c2ccc(N)cc2)cc1. The molecule has 0 amide bonds. The predicted octanol–water partition coefficient (Wildman–Crippen LogP) is 6.91. The van der Waals surface area contributed by atoms with E-state index in [1.807, 2.05) is 72.8 Å². The number of benzene rings is 4. The summed E-state index contributed by atoms with van der Waals surface area (Å²) in [5.74, 6) is 0. The minimum Gasteiger partial charge on any atom is -0.399 e. The Hall–Kier alpha value is -3.92. The molecule has 0 atom stereocenters. The number of azo groups is 1. The van der Waals surface area contributed by atoms with Gasteiger partial charge in [0.1, 0.15) is 0 Å². The standard InChI is InChI=1S/C25H22N4/c1-17-2-13-23(14-3-17)28-29-25-16-20(18-4-9-21(26)10-5-18)8-15-24(25)19-6-11-22(27)12-7-19/h2-16H,26-27H2,1H3. The second kappa shape index (κ2) is 7.98. The third kappa shape index (κ3) is 4.33. The molecule has 29 heavy (non-hydrogen) atoms. The smallest absolute Gasteiger partial charge is 0.0941 e. The Labute approximate surface area is 170 Å². The molecule has 0 heterocycles. The largest absolute Gasteiger partial charge is 0.399 e. The van der Waals surface area contributed by atoms with Crippen LogP contribution in [0.5, 0.6) is 0 Å². The quantitative estimate of drug-likeness (QED) is 0.299. The number of nitrogen functional groups attached to an aromatic ring is 2. The van der Waals surface area contributed by atoms with Crippen molar-refractivity contribution >= 4 is 22.7 Å². The number of nitrogens with zero attached hydrogens (tertiary/aromatic N) is 2. The van der Waals surface area contributed by atoms with E-state index in [1.54, 1.807) is 0 Å². The summed E-state index contributed by atoms with van der Waals surface area (Å²) < 4.78 is 0. The van der Waals surface area contributed by atoms with Gasteiger partial charge in [-0.05, 0) is 66.1 Å². The van der Waals surface area contributed by atoms with Crippen LogP contribution in [0.15, 0.2) is 101 Å². The third-order valence-corrected chi connectivity index (χ3v) is 4.77. The highest BCUT2D eigenvalue weighted by Gasteiger charge is 2.08. The maximum Gasteiger partial charge on any atom is 0.0941 e. The first kappa shape index (κ1) is 18.4. The van der Waals surface area contributed by atoms with E-state index in [2.05, 4.69) is 35.4 Å². The highest BCUT2D eigenvalue weighted by Crippen LogP contribution is 2.36. The van der Waals surface area contributed by atoms with Crippen molar-refractivity contribution in [2.45, 2.75) is 6.92 Å². The van der Waals surface area contributed by atoms with Gasteiger partial charge in [0.05, 0.1) is 11.4 Å². The Kier molecular flexibility index (Phi) is 5.08. The summed E-state index contributed by atoms with van der Waals surface area (Å²) >= 11 is 0. The van der Waals surface area contributed by atoms with Gasteiger partial charge in [-0.2, -0.15) is 5.11 Å². The van der Waals surface area contributed by atoms with E-state index in [1.165, 1.54) is 5.56 Å². The van der Waals surface area contributed by atoms with E-state index in [0.29, 0.717) is 0 Å². The van der Waals surface area contributed by atoms with Crippen molar-refractivity contribution in [2.75, 3.05) is 11.5 Å². The van der Waals surface area contributed by atoms with Gasteiger partial charge in [-0.1, -0.05) is 54.1 Å². The summed E-state index contributed by atoms with van der Waals surface area (Å²) in [4.78, 5) is 0. The van der Waals surface area contributed by atoms with Gasteiger partial charge in [-0.3, -0.25) is 0 Å². The molecular weight excluding hydrogens is 356 g/mol. The normalized spacial score (nSPS) is 11.1. The molecule has 4 nitrogen and oxygen atoms in total. The minimum atomic E-state index is 0.732. The van der Waals surface area contributed by atoms with E-state index in [4.69, 9.17) is 11.5 Å². The van der Waals surface area contributed by atoms with Gasteiger partial charge in [-0.25, -0.2) is 0 Å². The van der Waals surface area contributed by atoms with Crippen molar-refractivity contribution < 1.29 is 0 Å². The molecule has 4 heteroatoms. The Morgan fingerprint density at radius 1 is 0.552 bits per heavy atom. The van der Waals surface area contributed by atoms with Crippen molar-refractivity contribution in [1.29, 1.82) is 0 Å². The molecule has 0 aliphatic carbocycles. The molecule has 0 radical (unpaired) electrons. The third-order valence-electron chi connectivity index (χ3n) is 4.77. The highest BCUT2D eigenvalue weighted by atomic mass is 15.1. The maximum absolute atomic E-state index is 5.85. The summed E-state index contributed by atoms with van der Waals surface area (Å²) in [6.07, 6.45) is 0. The molecule has 4 aromatic rings. The highest BCUT2D eigenvalue weighted by molar-refractivity contribution is 5.81. The van der Waals surface area contributed by atoms with E-state index in [-0.39, 0.29) is 0 Å². The molecule has 0 fully saturated rings. The Bertz CT molecular complexity index is 1140. The second-order valence-electron chi connectivity index (χ2n) is 7.01. The zero-order valence-electron chi connectivity index (χ0n) is 16.2. The minimum absolute atomic E-state index is 0.732. The molecule has 142 valence electrons. The van der Waals surface area contributed by atoms with Gasteiger partial charge in [0.15, 0.2) is 0 Å². The number of hydrogen-bond acceptors (Lipinski definition) is 4. The van der Waals surface area contributed by atoms with E-state index in [9.17, 15) is 0 Å². The molecule has 4 rings (SSSR count). The number of hydrogen-bond donors (Lipinski definition) is 2. The second-order valence-corrected chi connectivity index (χ2v) is 7.01. The molecular formula is C25H22N4. The van der Waals surface area contributed by atoms with E-state index >= 15 is 0 Å². The van der Waals surface area contributed by atoms with Crippen LogP contribution in [0.2, 0.25) is 0 Å². The molecule has 4 N–H and O–H groups in total. The van der Waals surface area contributed by atoms with Gasteiger partial charge in [0, 0.05) is 16.9 Å². The molecule has 4 aromatic carbocycles. The van der Waals surface area contributed by atoms with Crippen molar-refractivity contribution in [3.05, 3.63) is 96.6 Å². The first-order valence-electron chi connectivity index (χ1n) is 9.43. The fourth-order valence-electron chi connectivity index (χ4n) is 3.10. The van der Waals surface area contributed by atoms with Crippen LogP contribution >= 0.6 is 0 Å². The molecule has 0 saturated carbocycles. The van der Waals surface area contributed by atoms with Gasteiger partial charge in [0.25, 0.3) is 0 Å². The van der Waals surface area contributed by atoms with Crippen LogP contribution in [0.1, 0.15) is 5.56 Å². The van der Waals surface area contributed by atoms with Gasteiger partial charge < -0.3 is 11.5 Å². The lowest BCUT2D eigenvalue weighted by Gasteiger charge is -2.09. The summed E-state index contributed by atoms with van der Waals surface area (Å²) in [7, 11) is 0. The van der Waals surface area contributed by atoms with Crippen LogP contribution in [-0.2, 0) is 0 Å². The average molecular weight is 378 g/mol. The number of anilines is 2. The summed E-state index contributed by atoms with van der Waals surface area (Å²) in [6, 6.07) is 29.8. The molecule has 0 saturated heterocycles. The summed E-state index contributed by atoms with van der Waals surface area (Å²) in [5.41, 5.74) is 20.1. The fourth-order valence-corrected chi connectivity index (χ4v) is 3.10. The molecule has 0 aliphatic heterocycles. The Morgan fingerprint density at radius 2 is 1.10 bits per heavy atom. The molecule has 0 aromatic heterocycles. The average Bonchev–Trinajstić information content (AvgIpc) is 2.74. The number of aryl methyl sites for hydroxylation is 1. The van der Waals surface area contributed by atoms with Gasteiger partial charge in [-0.15, -0.1) is 5.11 Å². The van der Waals surface area contributed by atoms with Crippen molar-refractivity contribution in [2.24, 2.45) is 10.2 Å². The van der Waals surface area contributed by atoms with Crippen LogP contribution in [0.3, 0.4) is 0 Å². The van der Waals surface area contributed by atoms with Crippen LogP contribution in [0, 0.1) is 6.92 Å². The lowest BCUT2D eigenvalue weighted by Crippen LogP contribution is -1.86. The molecule has 0 aliphatic rings. The lowest BCUT2D eigenvalue weighted by atomic mass is 9.98. The topological polar surface area (TPSA) is 76.8 Å². The zero-order valence-corrected chi connectivity index (χ0v) is 16.2. The first-order chi connectivity index (χ1) is 14.1. The number of rotatable bonds is 4. The fraction of sp³-hybridized carbons (Fsp3) is 0.0400. The summed E-state index contributed by atoms with van der Waals surface area (Å²) in [5, 5.41) is 9.03. The van der Waals surface area contributed by atoms with Crippen molar-refractivity contribution in [3.63, 3.8) is 0 Å². The van der Waals surface area contributed by atoms with Crippen LogP contribution in [-0.4, -0.2) is 0 Å². The number of nitrogens with two attached hydrogens (primary N) is 2. The monoisotopic (exact) mass is 378 g/mol. The lowest BCUT2D eigenvalue weighted by molar-refractivity contribution is 1.23. The van der Waals surface area contributed by atoms with E-state index < -0.39 is 0 Å². The Morgan fingerprint density at radius 3 is 1.72 bits per heavy atom. The van der Waals surface area contributed by atoms with Crippen LogP contribution < -0.4 is 11.5 Å². The predicted molar refractivity (Wildman–Crippen MR) is 121 cm³/mol. The summed E-state index contributed by atoms with van der Waals surface area (Å²) in [6.45, 7) is 2.05. The van der Waals surface area contributed by atoms with Crippen molar-refractivity contribution in [1.82, 2.24) is 0 Å². The maximum atomic E-state index is 5.85. The van der Waals surface area contributed by atoms with Crippen LogP contribution in [0.25, 0.3) is 22.3 Å². The zero-order chi connectivity index (χ0) is 20.2. The van der Waals surface area contributed by atoms with Crippen molar-refractivity contribution in [3.8, 4) is 22.3 Å². The first-order valence-corrected chi connectivity index (χ1v) is 9.43. The van der Waals surface area contributed by atoms with Gasteiger partial charge >= 0.3 is 0 Å². The molecule has 0 spiro atoms. The van der Waals surface area contributed by atoms with E-state index in [0.717, 1.165) is 45.0 Å². The Balaban J connectivity index is 1.78. The molecule has 0 bridgehead atoms. The van der Waals surface area contributed by atoms with Crippen LogP contribution in [0.4, 0.5) is 22.7 Å².